The van der Waals surface area contributed by atoms with E-state index in [9.17, 15) is 9.90 Å². The third-order valence-corrected chi connectivity index (χ3v) is 7.48. The van der Waals surface area contributed by atoms with Gasteiger partial charge in [0.1, 0.15) is 5.82 Å². The van der Waals surface area contributed by atoms with Gasteiger partial charge in [-0.25, -0.2) is 9.78 Å². The van der Waals surface area contributed by atoms with Gasteiger partial charge in [0, 0.05) is 37.9 Å². The molecule has 7 nitrogen and oxygen atoms in total. The molecule has 5 rings (SSSR count). The van der Waals surface area contributed by atoms with Crippen LogP contribution in [-0.4, -0.2) is 47.8 Å². The highest BCUT2D eigenvalue weighted by atomic mass is 16.4. The van der Waals surface area contributed by atoms with E-state index in [2.05, 4.69) is 24.3 Å². The first-order valence-corrected chi connectivity index (χ1v) is 12.8. The Morgan fingerprint density at radius 1 is 1.00 bits per heavy atom. The van der Waals surface area contributed by atoms with E-state index in [1.807, 2.05) is 42.5 Å². The van der Waals surface area contributed by atoms with Gasteiger partial charge in [-0.2, -0.15) is 4.98 Å². The number of nitrogens with one attached hydrogen (secondary N) is 1. The third-order valence-electron chi connectivity index (χ3n) is 7.48. The van der Waals surface area contributed by atoms with Crippen molar-refractivity contribution in [1.82, 2.24) is 9.97 Å². The summed E-state index contributed by atoms with van der Waals surface area (Å²) in [7, 11) is 4.10. The lowest BCUT2D eigenvalue weighted by atomic mass is 9.85. The van der Waals surface area contributed by atoms with Crippen LogP contribution in [0.3, 0.4) is 0 Å². The SMILES string of the molecule is CN(C)c1nc(NC2CCC(CN(C(=O)O)c3ccc4ccccc4c3)CC2)nc2c1CCCC2. The standard InChI is InChI=1S/C28H35N5O2/c1-32(2)26-24-9-5-6-10-25(24)30-27(31-26)29-22-14-11-19(12-15-22)18-33(28(34)35)23-16-13-20-7-3-4-8-21(20)17-23/h3-4,7-8,13,16-17,19,22H,5-6,9-12,14-15,18H2,1-2H3,(H,34,35)(H,29,30,31). The lowest BCUT2D eigenvalue weighted by Crippen LogP contribution is -2.37. The Bertz CT molecular complexity index is 1200. The monoisotopic (exact) mass is 473 g/mol. The summed E-state index contributed by atoms with van der Waals surface area (Å²) in [6.45, 7) is 0.528. The van der Waals surface area contributed by atoms with Crippen molar-refractivity contribution in [2.75, 3.05) is 35.8 Å². The topological polar surface area (TPSA) is 81.6 Å². The van der Waals surface area contributed by atoms with Gasteiger partial charge in [0.05, 0.1) is 5.69 Å². The van der Waals surface area contributed by atoms with E-state index in [0.29, 0.717) is 18.5 Å². The molecule has 1 saturated carbocycles. The molecule has 1 aromatic heterocycles. The third kappa shape index (κ3) is 5.19. The predicted octanol–water partition coefficient (Wildman–Crippen LogP) is 5.73. The van der Waals surface area contributed by atoms with Crippen LogP contribution in [0, 0.1) is 5.92 Å². The number of carbonyl (C=O) groups is 1. The molecule has 0 radical (unpaired) electrons. The highest BCUT2D eigenvalue weighted by Gasteiger charge is 2.27. The lowest BCUT2D eigenvalue weighted by molar-refractivity contribution is 0.199. The molecule has 2 aromatic carbocycles. The van der Waals surface area contributed by atoms with E-state index in [-0.39, 0.29) is 0 Å². The van der Waals surface area contributed by atoms with Crippen molar-refractivity contribution in [2.24, 2.45) is 5.92 Å². The Labute approximate surface area is 207 Å². The number of carboxylic acid groups (broad SMARTS) is 1. The van der Waals surface area contributed by atoms with Crippen LogP contribution in [-0.2, 0) is 12.8 Å². The van der Waals surface area contributed by atoms with Crippen LogP contribution in [0.2, 0.25) is 0 Å². The van der Waals surface area contributed by atoms with Crippen molar-refractivity contribution in [2.45, 2.75) is 57.4 Å². The first-order valence-electron chi connectivity index (χ1n) is 12.8. The van der Waals surface area contributed by atoms with Crippen molar-refractivity contribution in [3.8, 4) is 0 Å². The summed E-state index contributed by atoms with van der Waals surface area (Å²) in [6.07, 6.45) is 7.56. The van der Waals surface area contributed by atoms with Gasteiger partial charge in [-0.15, -0.1) is 0 Å². The van der Waals surface area contributed by atoms with Gasteiger partial charge in [-0.05, 0) is 80.2 Å². The van der Waals surface area contributed by atoms with E-state index >= 15 is 0 Å². The molecule has 2 aliphatic carbocycles. The summed E-state index contributed by atoms with van der Waals surface area (Å²) in [6, 6.07) is 14.3. The molecule has 0 aliphatic heterocycles. The summed E-state index contributed by atoms with van der Waals surface area (Å²) < 4.78 is 0. The largest absolute Gasteiger partial charge is 0.465 e. The Morgan fingerprint density at radius 3 is 2.49 bits per heavy atom. The second-order valence-corrected chi connectivity index (χ2v) is 10.2. The van der Waals surface area contributed by atoms with E-state index in [4.69, 9.17) is 9.97 Å². The van der Waals surface area contributed by atoms with Crippen LogP contribution >= 0.6 is 0 Å². The molecule has 35 heavy (non-hydrogen) atoms. The fraction of sp³-hybridized carbons (Fsp3) is 0.464. The fourth-order valence-electron chi connectivity index (χ4n) is 5.58. The zero-order chi connectivity index (χ0) is 24.4. The zero-order valence-electron chi connectivity index (χ0n) is 20.7. The predicted molar refractivity (Wildman–Crippen MR) is 142 cm³/mol. The highest BCUT2D eigenvalue weighted by Crippen LogP contribution is 2.32. The molecule has 1 fully saturated rings. The minimum absolute atomic E-state index is 0.321. The van der Waals surface area contributed by atoms with Crippen LogP contribution in [0.1, 0.15) is 49.8 Å². The summed E-state index contributed by atoms with van der Waals surface area (Å²) >= 11 is 0. The van der Waals surface area contributed by atoms with Gasteiger partial charge >= 0.3 is 6.09 Å². The van der Waals surface area contributed by atoms with E-state index in [1.54, 1.807) is 0 Å². The average Bonchev–Trinajstić information content (AvgIpc) is 2.87. The number of nitrogens with zero attached hydrogens (tertiary/aromatic N) is 4. The van der Waals surface area contributed by atoms with E-state index in [0.717, 1.165) is 66.8 Å². The molecule has 1 heterocycles. The Kier molecular flexibility index (Phi) is 6.75. The Hall–Kier alpha value is -3.35. The molecule has 0 unspecified atom stereocenters. The van der Waals surface area contributed by atoms with E-state index in [1.165, 1.54) is 29.0 Å². The molecule has 7 heteroatoms. The second-order valence-electron chi connectivity index (χ2n) is 10.2. The van der Waals surface area contributed by atoms with Crippen LogP contribution < -0.4 is 15.1 Å². The first kappa shape index (κ1) is 23.4. The number of fused-ring (bicyclic) bond motifs is 2. The van der Waals surface area contributed by atoms with Crippen LogP contribution in [0.25, 0.3) is 10.8 Å². The number of aryl methyl sites for hydroxylation is 1. The maximum absolute atomic E-state index is 12.1. The molecule has 0 bridgehead atoms. The van der Waals surface area contributed by atoms with E-state index < -0.39 is 6.09 Å². The average molecular weight is 474 g/mol. The molecular formula is C28H35N5O2. The quantitative estimate of drug-likeness (QED) is 0.476. The van der Waals surface area contributed by atoms with Crippen molar-refractivity contribution in [3.05, 3.63) is 53.7 Å². The van der Waals surface area contributed by atoms with Crippen LogP contribution in [0.15, 0.2) is 42.5 Å². The lowest BCUT2D eigenvalue weighted by Gasteiger charge is -2.32. The number of amides is 1. The zero-order valence-corrected chi connectivity index (χ0v) is 20.7. The molecule has 0 spiro atoms. The first-order chi connectivity index (χ1) is 17.0. The summed E-state index contributed by atoms with van der Waals surface area (Å²) in [5.41, 5.74) is 3.24. The van der Waals surface area contributed by atoms with Crippen molar-refractivity contribution in [1.29, 1.82) is 0 Å². The molecule has 184 valence electrons. The maximum Gasteiger partial charge on any atom is 0.411 e. The van der Waals surface area contributed by atoms with Gasteiger partial charge in [0.15, 0.2) is 0 Å². The number of hydrogen-bond acceptors (Lipinski definition) is 5. The number of aromatic nitrogens is 2. The molecule has 2 aliphatic rings. The fourth-order valence-corrected chi connectivity index (χ4v) is 5.58. The van der Waals surface area contributed by atoms with Gasteiger partial charge < -0.3 is 15.3 Å². The summed E-state index contributed by atoms with van der Waals surface area (Å²) in [5.74, 6) is 2.12. The van der Waals surface area contributed by atoms with Crippen LogP contribution in [0.5, 0.6) is 0 Å². The molecule has 3 aromatic rings. The summed E-state index contributed by atoms with van der Waals surface area (Å²) in [4.78, 5) is 25.4. The normalized spacial score (nSPS) is 19.7. The number of anilines is 3. The van der Waals surface area contributed by atoms with Gasteiger partial charge in [-0.3, -0.25) is 4.90 Å². The second kappa shape index (κ2) is 10.1. The highest BCUT2D eigenvalue weighted by molar-refractivity contribution is 5.92. The van der Waals surface area contributed by atoms with Crippen molar-refractivity contribution < 1.29 is 9.90 Å². The number of hydrogen-bond donors (Lipinski definition) is 2. The molecule has 0 saturated heterocycles. The van der Waals surface area contributed by atoms with Crippen molar-refractivity contribution >= 4 is 34.3 Å². The smallest absolute Gasteiger partial charge is 0.411 e. The number of rotatable bonds is 6. The molecular weight excluding hydrogens is 438 g/mol. The van der Waals surface area contributed by atoms with Crippen molar-refractivity contribution in [3.63, 3.8) is 0 Å². The summed E-state index contributed by atoms with van der Waals surface area (Å²) in [5, 5.41) is 15.7. The number of benzene rings is 2. The molecule has 0 atom stereocenters. The molecule has 1 amide bonds. The Balaban J connectivity index is 1.23. The minimum Gasteiger partial charge on any atom is -0.465 e. The van der Waals surface area contributed by atoms with Crippen LogP contribution in [0.4, 0.5) is 22.2 Å². The van der Waals surface area contributed by atoms with Gasteiger partial charge in [0.2, 0.25) is 5.95 Å². The maximum atomic E-state index is 12.1. The van der Waals surface area contributed by atoms with Gasteiger partial charge in [-0.1, -0.05) is 30.3 Å². The Morgan fingerprint density at radius 2 is 1.74 bits per heavy atom. The molecule has 2 N–H and O–H groups in total. The van der Waals surface area contributed by atoms with Gasteiger partial charge in [0.25, 0.3) is 0 Å². The minimum atomic E-state index is -0.890.